The van der Waals surface area contributed by atoms with Crippen molar-refractivity contribution in [3.63, 3.8) is 0 Å². The average Bonchev–Trinajstić information content (AvgIpc) is 2.56. The van der Waals surface area contributed by atoms with Crippen LogP contribution in [-0.2, 0) is 24.0 Å². The Morgan fingerprint density at radius 3 is 1.86 bits per heavy atom. The number of hydrogen-bond acceptors (Lipinski definition) is 7. The maximum atomic E-state index is 12.3. The number of aliphatic hydroxyl groups is 1. The van der Waals surface area contributed by atoms with Crippen LogP contribution in [0.2, 0.25) is 0 Å². The van der Waals surface area contributed by atoms with Gasteiger partial charge in [-0.15, -0.1) is 0 Å². The topological polar surface area (TPSA) is 214 Å². The number of primary amides is 1. The van der Waals surface area contributed by atoms with Crippen LogP contribution in [0.15, 0.2) is 0 Å². The fraction of sp³-hybridized carbons (Fsp3) is 0.706. The Morgan fingerprint density at radius 1 is 0.897 bits per heavy atom. The molecule has 12 heteroatoms. The summed E-state index contributed by atoms with van der Waals surface area (Å²) in [5.74, 6) is -4.66. The highest BCUT2D eigenvalue weighted by atomic mass is 16.4. The maximum Gasteiger partial charge on any atom is 0.326 e. The smallest absolute Gasteiger partial charge is 0.326 e. The summed E-state index contributed by atoms with van der Waals surface area (Å²) in [7, 11) is 0. The van der Waals surface area contributed by atoms with Crippen molar-refractivity contribution in [3.8, 4) is 0 Å². The number of aliphatic carboxylic acids is 1. The number of carbonyl (C=O) groups excluding carboxylic acids is 4. The van der Waals surface area contributed by atoms with Gasteiger partial charge in [-0.05, 0) is 26.2 Å². The van der Waals surface area contributed by atoms with Gasteiger partial charge in [0.05, 0.1) is 18.6 Å². The molecule has 9 N–H and O–H groups in total. The molecule has 5 unspecified atom stereocenters. The van der Waals surface area contributed by atoms with Crippen LogP contribution in [0.5, 0.6) is 0 Å². The van der Waals surface area contributed by atoms with Crippen LogP contribution in [0.1, 0.15) is 40.5 Å². The Hall–Kier alpha value is -2.73. The van der Waals surface area contributed by atoms with Crippen LogP contribution < -0.4 is 27.4 Å². The fourth-order valence-electron chi connectivity index (χ4n) is 2.35. The van der Waals surface area contributed by atoms with Crippen molar-refractivity contribution in [2.24, 2.45) is 17.4 Å². The molecule has 166 valence electrons. The lowest BCUT2D eigenvalue weighted by molar-refractivity contribution is -0.144. The van der Waals surface area contributed by atoms with E-state index in [1.54, 1.807) is 0 Å². The van der Waals surface area contributed by atoms with E-state index >= 15 is 0 Å². The van der Waals surface area contributed by atoms with Gasteiger partial charge in [-0.1, -0.05) is 13.8 Å². The highest BCUT2D eigenvalue weighted by Crippen LogP contribution is 2.03. The average molecular weight is 417 g/mol. The lowest BCUT2D eigenvalue weighted by atomic mass is 10.0. The minimum Gasteiger partial charge on any atom is -0.480 e. The van der Waals surface area contributed by atoms with E-state index < -0.39 is 66.3 Å². The third kappa shape index (κ3) is 9.85. The quantitative estimate of drug-likeness (QED) is 0.175. The zero-order valence-electron chi connectivity index (χ0n) is 17.0. The lowest BCUT2D eigenvalue weighted by Crippen LogP contribution is -2.59. The van der Waals surface area contributed by atoms with Crippen LogP contribution in [-0.4, -0.2) is 70.1 Å². The minimum absolute atomic E-state index is 0.172. The molecule has 0 aromatic rings. The lowest BCUT2D eigenvalue weighted by Gasteiger charge is -2.25. The molecular weight excluding hydrogens is 386 g/mol. The van der Waals surface area contributed by atoms with Gasteiger partial charge in [0.15, 0.2) is 0 Å². The molecule has 12 nitrogen and oxygen atoms in total. The molecule has 0 radical (unpaired) electrons. The number of carboxylic acids is 1. The van der Waals surface area contributed by atoms with Crippen molar-refractivity contribution in [1.29, 1.82) is 0 Å². The van der Waals surface area contributed by atoms with Crippen molar-refractivity contribution in [1.82, 2.24) is 16.0 Å². The van der Waals surface area contributed by atoms with Crippen molar-refractivity contribution >= 4 is 29.6 Å². The molecule has 0 aliphatic rings. The molecule has 0 rings (SSSR count). The largest absolute Gasteiger partial charge is 0.480 e. The van der Waals surface area contributed by atoms with Gasteiger partial charge < -0.3 is 37.6 Å². The molecule has 4 amide bonds. The van der Waals surface area contributed by atoms with Crippen molar-refractivity contribution in [3.05, 3.63) is 0 Å². The summed E-state index contributed by atoms with van der Waals surface area (Å²) in [5, 5.41) is 25.5. The molecule has 5 atom stereocenters. The molecule has 29 heavy (non-hydrogen) atoms. The number of carboxylic acid groups (broad SMARTS) is 1. The summed E-state index contributed by atoms with van der Waals surface area (Å²) in [4.78, 5) is 58.6. The maximum absolute atomic E-state index is 12.3. The monoisotopic (exact) mass is 417 g/mol. The first-order chi connectivity index (χ1) is 13.3. The first kappa shape index (κ1) is 26.3. The van der Waals surface area contributed by atoms with E-state index in [9.17, 15) is 29.1 Å². The summed E-state index contributed by atoms with van der Waals surface area (Å²) >= 11 is 0. The molecular formula is C17H31N5O7. The second kappa shape index (κ2) is 12.0. The summed E-state index contributed by atoms with van der Waals surface area (Å²) in [5.41, 5.74) is 10.7. The normalized spacial score (nSPS) is 16.1. The zero-order valence-corrected chi connectivity index (χ0v) is 17.0. The Morgan fingerprint density at radius 2 is 1.45 bits per heavy atom. The van der Waals surface area contributed by atoms with Crippen molar-refractivity contribution < 1.29 is 34.2 Å². The number of rotatable bonds is 12. The van der Waals surface area contributed by atoms with E-state index in [0.717, 1.165) is 0 Å². The molecule has 0 saturated carbocycles. The van der Waals surface area contributed by atoms with Gasteiger partial charge >= 0.3 is 5.97 Å². The van der Waals surface area contributed by atoms with Crippen LogP contribution in [0.25, 0.3) is 0 Å². The molecule has 0 aliphatic carbocycles. The third-order valence-electron chi connectivity index (χ3n) is 3.90. The standard InChI is InChI=1S/C17H31N5O7/c1-7(2)5-10(18)15(26)20-8(3)14(25)22-13(9(4)23)16(27)21-11(17(28)29)6-12(19)24/h7-11,13,23H,5-6,18H2,1-4H3,(H2,19,24)(H,20,26)(H,21,27)(H,22,25)(H,28,29). The van der Waals surface area contributed by atoms with Crippen LogP contribution >= 0.6 is 0 Å². The van der Waals surface area contributed by atoms with Gasteiger partial charge in [0, 0.05) is 0 Å². The summed E-state index contributed by atoms with van der Waals surface area (Å²) in [6.45, 7) is 6.34. The number of nitrogens with two attached hydrogens (primary N) is 2. The summed E-state index contributed by atoms with van der Waals surface area (Å²) in [6.07, 6.45) is -1.65. The van der Waals surface area contributed by atoms with Crippen LogP contribution in [0.4, 0.5) is 0 Å². The van der Waals surface area contributed by atoms with Crippen molar-refractivity contribution in [2.75, 3.05) is 0 Å². The number of carbonyl (C=O) groups is 5. The van der Waals surface area contributed by atoms with Gasteiger partial charge in [0.2, 0.25) is 23.6 Å². The Kier molecular flexibility index (Phi) is 10.8. The molecule has 0 aliphatic heterocycles. The zero-order chi connectivity index (χ0) is 22.9. The predicted molar refractivity (Wildman–Crippen MR) is 102 cm³/mol. The minimum atomic E-state index is -1.62. The SMILES string of the molecule is CC(C)CC(N)C(=O)NC(C)C(=O)NC(C(=O)NC(CC(N)=O)C(=O)O)C(C)O. The van der Waals surface area contributed by atoms with E-state index in [0.29, 0.717) is 6.42 Å². The van der Waals surface area contributed by atoms with E-state index in [-0.39, 0.29) is 5.92 Å². The number of nitrogens with one attached hydrogen (secondary N) is 3. The van der Waals surface area contributed by atoms with Gasteiger partial charge in [-0.3, -0.25) is 19.2 Å². The van der Waals surface area contributed by atoms with E-state index in [4.69, 9.17) is 16.6 Å². The Labute approximate surface area is 168 Å². The van der Waals surface area contributed by atoms with Crippen LogP contribution in [0, 0.1) is 5.92 Å². The summed E-state index contributed by atoms with van der Waals surface area (Å²) in [6, 6.07) is -5.04. The van der Waals surface area contributed by atoms with E-state index in [1.807, 2.05) is 19.2 Å². The van der Waals surface area contributed by atoms with Crippen molar-refractivity contribution in [2.45, 2.75) is 70.8 Å². The highest BCUT2D eigenvalue weighted by Gasteiger charge is 2.32. The van der Waals surface area contributed by atoms with Crippen LogP contribution in [0.3, 0.4) is 0 Å². The van der Waals surface area contributed by atoms with E-state index in [2.05, 4.69) is 10.6 Å². The highest BCUT2D eigenvalue weighted by molar-refractivity contribution is 5.95. The summed E-state index contributed by atoms with van der Waals surface area (Å²) < 4.78 is 0. The molecule has 0 fully saturated rings. The Bertz CT molecular complexity index is 623. The second-order valence-electron chi connectivity index (χ2n) is 7.26. The molecule has 0 saturated heterocycles. The van der Waals surface area contributed by atoms with Gasteiger partial charge in [0.1, 0.15) is 18.1 Å². The fourth-order valence-corrected chi connectivity index (χ4v) is 2.35. The van der Waals surface area contributed by atoms with E-state index in [1.165, 1.54) is 13.8 Å². The molecule has 0 aromatic carbocycles. The third-order valence-corrected chi connectivity index (χ3v) is 3.90. The second-order valence-corrected chi connectivity index (χ2v) is 7.26. The van der Waals surface area contributed by atoms with Gasteiger partial charge in [0.25, 0.3) is 0 Å². The van der Waals surface area contributed by atoms with Gasteiger partial charge in [-0.25, -0.2) is 4.79 Å². The Balaban J connectivity index is 5.02. The molecule has 0 heterocycles. The molecule has 0 spiro atoms. The predicted octanol–water partition coefficient (Wildman–Crippen LogP) is -2.83. The first-order valence-electron chi connectivity index (χ1n) is 9.12. The molecule has 0 bridgehead atoms. The first-order valence-corrected chi connectivity index (χ1v) is 9.12. The number of hydrogen-bond donors (Lipinski definition) is 7. The van der Waals surface area contributed by atoms with Gasteiger partial charge in [-0.2, -0.15) is 0 Å². The number of aliphatic hydroxyl groups excluding tert-OH is 1. The number of amides is 4. The molecule has 0 aromatic heterocycles.